The van der Waals surface area contributed by atoms with Crippen molar-refractivity contribution < 1.29 is 4.79 Å². The second kappa shape index (κ2) is 2.94. The molecule has 0 spiro atoms. The van der Waals surface area contributed by atoms with Crippen LogP contribution in [0.2, 0.25) is 0 Å². The Hall–Kier alpha value is -1.77. The van der Waals surface area contributed by atoms with Crippen LogP contribution in [0.25, 0.3) is 11.0 Å². The largest absolute Gasteiger partial charge is 0.298 e. The van der Waals surface area contributed by atoms with Gasteiger partial charge in [0.15, 0.2) is 11.9 Å². The molecule has 0 bridgehead atoms. The third-order valence-electron chi connectivity index (χ3n) is 1.95. The molecule has 0 aromatic carbocycles. The fourth-order valence-electron chi connectivity index (χ4n) is 1.23. The molecule has 2 heterocycles. The van der Waals surface area contributed by atoms with E-state index in [0.717, 1.165) is 17.4 Å². The van der Waals surface area contributed by atoms with Crippen molar-refractivity contribution in [2.24, 2.45) is 0 Å². The van der Waals surface area contributed by atoms with Crippen LogP contribution in [0.4, 0.5) is 0 Å². The predicted molar refractivity (Wildman–Crippen MR) is 49.7 cm³/mol. The Morgan fingerprint density at radius 3 is 3.08 bits per heavy atom. The van der Waals surface area contributed by atoms with E-state index in [1.54, 1.807) is 19.2 Å². The van der Waals surface area contributed by atoms with E-state index in [1.807, 2.05) is 12.1 Å². The maximum atomic E-state index is 10.6. The Labute approximate surface area is 75.4 Å². The van der Waals surface area contributed by atoms with Gasteiger partial charge in [0.2, 0.25) is 0 Å². The molecule has 0 atom stereocenters. The summed E-state index contributed by atoms with van der Waals surface area (Å²) in [5, 5.41) is 0.898. The lowest BCUT2D eigenvalue weighted by Gasteiger charge is -1.99. The number of rotatable bonds is 1. The first-order chi connectivity index (χ1) is 6.31. The molecule has 0 N–H and O–H groups in total. The molecule has 13 heavy (non-hydrogen) atoms. The lowest BCUT2D eigenvalue weighted by atomic mass is 10.2. The minimum atomic E-state index is 0.625. The van der Waals surface area contributed by atoms with Gasteiger partial charge >= 0.3 is 0 Å². The molecule has 2 aromatic heterocycles. The van der Waals surface area contributed by atoms with Crippen molar-refractivity contribution in [3.8, 4) is 0 Å². The van der Waals surface area contributed by atoms with Gasteiger partial charge in [-0.25, -0.2) is 9.97 Å². The fraction of sp³-hybridized carbons (Fsp3) is 0.100. The first-order valence-corrected chi connectivity index (χ1v) is 3.99. The predicted octanol–water partition coefficient (Wildman–Crippen LogP) is 1.75. The van der Waals surface area contributed by atoms with Crippen molar-refractivity contribution in [2.45, 2.75) is 6.92 Å². The SMILES string of the molecule is Cc1nc2ncccc2cc1C=O. The molecule has 0 aliphatic carbocycles. The van der Waals surface area contributed by atoms with Crippen LogP contribution in [-0.4, -0.2) is 16.3 Å². The van der Waals surface area contributed by atoms with Crippen LogP contribution in [-0.2, 0) is 0 Å². The maximum Gasteiger partial charge on any atom is 0.159 e. The number of hydrogen-bond donors (Lipinski definition) is 0. The molecule has 3 nitrogen and oxygen atoms in total. The fourth-order valence-corrected chi connectivity index (χ4v) is 1.23. The second-order valence-electron chi connectivity index (χ2n) is 2.83. The third-order valence-corrected chi connectivity index (χ3v) is 1.95. The summed E-state index contributed by atoms with van der Waals surface area (Å²) in [5.41, 5.74) is 2.03. The molecule has 0 saturated heterocycles. The monoisotopic (exact) mass is 172 g/mol. The van der Waals surface area contributed by atoms with Gasteiger partial charge in [-0.1, -0.05) is 0 Å². The highest BCUT2D eigenvalue weighted by Crippen LogP contribution is 2.12. The summed E-state index contributed by atoms with van der Waals surface area (Å²) in [6.45, 7) is 1.80. The lowest BCUT2D eigenvalue weighted by Crippen LogP contribution is -1.92. The summed E-state index contributed by atoms with van der Waals surface area (Å²) in [6, 6.07) is 5.52. The zero-order valence-corrected chi connectivity index (χ0v) is 7.19. The van der Waals surface area contributed by atoms with Crippen LogP contribution in [0.15, 0.2) is 24.4 Å². The Bertz CT molecular complexity index is 465. The number of hydrogen-bond acceptors (Lipinski definition) is 3. The molecule has 0 unspecified atom stereocenters. The average Bonchev–Trinajstić information content (AvgIpc) is 2.17. The van der Waals surface area contributed by atoms with Crippen LogP contribution in [0.5, 0.6) is 0 Å². The van der Waals surface area contributed by atoms with Crippen molar-refractivity contribution in [1.82, 2.24) is 9.97 Å². The standard InChI is InChI=1S/C10H8N2O/c1-7-9(6-13)5-8-3-2-4-11-10(8)12-7/h2-6H,1H3. The van der Waals surface area contributed by atoms with Gasteiger partial charge in [-0.2, -0.15) is 0 Å². The minimum absolute atomic E-state index is 0.625. The molecular formula is C10H8N2O. The quantitative estimate of drug-likeness (QED) is 0.615. The summed E-state index contributed by atoms with van der Waals surface area (Å²) < 4.78 is 0. The zero-order valence-electron chi connectivity index (χ0n) is 7.19. The number of fused-ring (bicyclic) bond motifs is 1. The molecule has 0 fully saturated rings. The van der Waals surface area contributed by atoms with E-state index >= 15 is 0 Å². The molecule has 64 valence electrons. The van der Waals surface area contributed by atoms with E-state index in [4.69, 9.17) is 0 Å². The summed E-state index contributed by atoms with van der Waals surface area (Å²) in [5.74, 6) is 0. The van der Waals surface area contributed by atoms with Gasteiger partial charge in [-0.15, -0.1) is 0 Å². The molecule has 0 aliphatic rings. The first-order valence-electron chi connectivity index (χ1n) is 3.99. The number of aromatic nitrogens is 2. The first kappa shape index (κ1) is 7.86. The van der Waals surface area contributed by atoms with E-state index in [2.05, 4.69) is 9.97 Å². The van der Waals surface area contributed by atoms with E-state index in [9.17, 15) is 4.79 Å². The number of aryl methyl sites for hydroxylation is 1. The van der Waals surface area contributed by atoms with Crippen molar-refractivity contribution >= 4 is 17.3 Å². The van der Waals surface area contributed by atoms with Gasteiger partial charge in [0.25, 0.3) is 0 Å². The topological polar surface area (TPSA) is 42.9 Å². The van der Waals surface area contributed by atoms with Gasteiger partial charge in [0, 0.05) is 17.1 Å². The molecule has 0 radical (unpaired) electrons. The number of aldehydes is 1. The molecule has 2 aromatic rings. The highest BCUT2D eigenvalue weighted by Gasteiger charge is 2.01. The second-order valence-corrected chi connectivity index (χ2v) is 2.83. The Balaban J connectivity index is 2.81. The van der Waals surface area contributed by atoms with Crippen molar-refractivity contribution in [2.75, 3.05) is 0 Å². The van der Waals surface area contributed by atoms with Crippen LogP contribution in [0, 0.1) is 6.92 Å². The van der Waals surface area contributed by atoms with E-state index in [0.29, 0.717) is 11.2 Å². The molecular weight excluding hydrogens is 164 g/mol. The Morgan fingerprint density at radius 2 is 2.31 bits per heavy atom. The molecule has 0 amide bonds. The average molecular weight is 172 g/mol. The van der Waals surface area contributed by atoms with Crippen LogP contribution < -0.4 is 0 Å². The molecule has 2 rings (SSSR count). The minimum Gasteiger partial charge on any atom is -0.298 e. The van der Waals surface area contributed by atoms with Crippen molar-refractivity contribution in [3.63, 3.8) is 0 Å². The third kappa shape index (κ3) is 1.28. The highest BCUT2D eigenvalue weighted by atomic mass is 16.1. The van der Waals surface area contributed by atoms with Crippen LogP contribution in [0.1, 0.15) is 16.1 Å². The normalized spacial score (nSPS) is 10.2. The number of carbonyl (C=O) groups is 1. The number of pyridine rings is 2. The van der Waals surface area contributed by atoms with Crippen LogP contribution in [0.3, 0.4) is 0 Å². The van der Waals surface area contributed by atoms with Gasteiger partial charge in [0.05, 0.1) is 5.69 Å². The number of nitrogens with zero attached hydrogens (tertiary/aromatic N) is 2. The summed E-state index contributed by atoms with van der Waals surface area (Å²) in [7, 11) is 0. The Kier molecular flexibility index (Phi) is 1.77. The van der Waals surface area contributed by atoms with E-state index in [-0.39, 0.29) is 0 Å². The van der Waals surface area contributed by atoms with E-state index < -0.39 is 0 Å². The van der Waals surface area contributed by atoms with Gasteiger partial charge in [-0.05, 0) is 25.1 Å². The van der Waals surface area contributed by atoms with Gasteiger partial charge < -0.3 is 0 Å². The highest BCUT2D eigenvalue weighted by molar-refractivity contribution is 5.85. The van der Waals surface area contributed by atoms with Crippen LogP contribution >= 0.6 is 0 Å². The van der Waals surface area contributed by atoms with Crippen molar-refractivity contribution in [3.05, 3.63) is 35.7 Å². The molecule has 3 heteroatoms. The number of carbonyl (C=O) groups excluding carboxylic acids is 1. The van der Waals surface area contributed by atoms with Gasteiger partial charge in [0.1, 0.15) is 0 Å². The zero-order chi connectivity index (χ0) is 9.26. The maximum absolute atomic E-state index is 10.6. The summed E-state index contributed by atoms with van der Waals surface area (Å²) in [4.78, 5) is 18.9. The molecule has 0 aliphatic heterocycles. The lowest BCUT2D eigenvalue weighted by molar-refractivity contribution is 0.112. The van der Waals surface area contributed by atoms with Gasteiger partial charge in [-0.3, -0.25) is 4.79 Å². The summed E-state index contributed by atoms with van der Waals surface area (Å²) in [6.07, 6.45) is 2.50. The molecule has 0 saturated carbocycles. The smallest absolute Gasteiger partial charge is 0.159 e. The van der Waals surface area contributed by atoms with E-state index in [1.165, 1.54) is 0 Å². The Morgan fingerprint density at radius 1 is 1.46 bits per heavy atom. The summed E-state index contributed by atoms with van der Waals surface area (Å²) >= 11 is 0. The van der Waals surface area contributed by atoms with Crippen molar-refractivity contribution in [1.29, 1.82) is 0 Å².